The third-order valence-corrected chi connectivity index (χ3v) is 4.13. The van der Waals surface area contributed by atoms with Gasteiger partial charge in [0.15, 0.2) is 5.82 Å². The predicted molar refractivity (Wildman–Crippen MR) is 76.3 cm³/mol. The summed E-state index contributed by atoms with van der Waals surface area (Å²) in [6.07, 6.45) is 0.100. The van der Waals surface area contributed by atoms with Gasteiger partial charge in [-0.05, 0) is 24.6 Å². The molecule has 0 aliphatic rings. The molecule has 1 aromatic carbocycles. The van der Waals surface area contributed by atoms with Gasteiger partial charge in [-0.2, -0.15) is 5.10 Å². The maximum Gasteiger partial charge on any atom is 0.309 e. The van der Waals surface area contributed by atoms with Crippen molar-refractivity contribution >= 4 is 21.8 Å². The first-order valence-corrected chi connectivity index (χ1v) is 7.59. The van der Waals surface area contributed by atoms with Gasteiger partial charge in [-0.3, -0.25) is 14.6 Å². The molecule has 2 aromatic rings. The van der Waals surface area contributed by atoms with Crippen LogP contribution in [0.25, 0.3) is 0 Å². The van der Waals surface area contributed by atoms with Crippen LogP contribution >= 0.6 is 0 Å². The summed E-state index contributed by atoms with van der Waals surface area (Å²) in [5.74, 6) is -0.151. The third-order valence-electron chi connectivity index (χ3n) is 2.75. The largest absolute Gasteiger partial charge is 0.469 e. The highest BCUT2D eigenvalue weighted by molar-refractivity contribution is 7.92. The van der Waals surface area contributed by atoms with Gasteiger partial charge in [0.2, 0.25) is 0 Å². The molecule has 0 atom stereocenters. The Morgan fingerprint density at radius 2 is 2.00 bits per heavy atom. The van der Waals surface area contributed by atoms with E-state index in [1.807, 2.05) is 0 Å². The molecule has 0 fully saturated rings. The molecule has 0 spiro atoms. The summed E-state index contributed by atoms with van der Waals surface area (Å²) in [4.78, 5) is 11.2. The van der Waals surface area contributed by atoms with Crippen LogP contribution in [0.4, 0.5) is 5.82 Å². The molecule has 1 heterocycles. The number of aryl methyl sites for hydroxylation is 1. The molecule has 0 aliphatic carbocycles. The fraction of sp³-hybridized carbons (Fsp3) is 0.231. The number of hydrogen-bond acceptors (Lipinski definition) is 5. The molecule has 21 heavy (non-hydrogen) atoms. The van der Waals surface area contributed by atoms with E-state index in [0.717, 1.165) is 5.69 Å². The Morgan fingerprint density at radius 3 is 2.52 bits per heavy atom. The van der Waals surface area contributed by atoms with Crippen molar-refractivity contribution in [2.24, 2.45) is 0 Å². The normalized spacial score (nSPS) is 11.1. The SMILES string of the molecule is COC(=O)Cc1ccc(S(=O)(=O)Nc2cc(C)[nH]n2)cc1. The molecule has 0 unspecified atom stereocenters. The molecule has 112 valence electrons. The van der Waals surface area contributed by atoms with E-state index in [0.29, 0.717) is 5.56 Å². The van der Waals surface area contributed by atoms with E-state index in [-0.39, 0.29) is 23.1 Å². The molecule has 0 saturated carbocycles. The smallest absolute Gasteiger partial charge is 0.309 e. The fourth-order valence-electron chi connectivity index (χ4n) is 1.69. The fourth-order valence-corrected chi connectivity index (χ4v) is 2.68. The summed E-state index contributed by atoms with van der Waals surface area (Å²) >= 11 is 0. The first-order chi connectivity index (χ1) is 9.90. The number of nitrogens with zero attached hydrogens (tertiary/aromatic N) is 1. The number of benzene rings is 1. The van der Waals surface area contributed by atoms with Crippen LogP contribution in [0.1, 0.15) is 11.3 Å². The average Bonchev–Trinajstić information content (AvgIpc) is 2.83. The molecule has 0 bridgehead atoms. The second kappa shape index (κ2) is 5.96. The number of hydrogen-bond donors (Lipinski definition) is 2. The van der Waals surface area contributed by atoms with Crippen molar-refractivity contribution in [1.82, 2.24) is 10.2 Å². The zero-order valence-corrected chi connectivity index (χ0v) is 12.4. The number of nitrogens with one attached hydrogen (secondary N) is 2. The van der Waals surface area contributed by atoms with Crippen LogP contribution in [0.3, 0.4) is 0 Å². The van der Waals surface area contributed by atoms with Gasteiger partial charge in [-0.25, -0.2) is 8.42 Å². The predicted octanol–water partition coefficient (Wildman–Crippen LogP) is 1.23. The molecule has 1 aromatic heterocycles. The van der Waals surface area contributed by atoms with Gasteiger partial charge in [-0.15, -0.1) is 0 Å². The molecule has 0 saturated heterocycles. The Bertz CT molecular complexity index is 735. The van der Waals surface area contributed by atoms with E-state index in [1.54, 1.807) is 25.1 Å². The van der Waals surface area contributed by atoms with Crippen molar-refractivity contribution in [3.63, 3.8) is 0 Å². The summed E-state index contributed by atoms with van der Waals surface area (Å²) in [5.41, 5.74) is 1.43. The number of aromatic nitrogens is 2. The molecule has 8 heteroatoms. The second-order valence-electron chi connectivity index (χ2n) is 4.44. The number of ether oxygens (including phenoxy) is 1. The van der Waals surface area contributed by atoms with Crippen LogP contribution in [0.5, 0.6) is 0 Å². The molecule has 0 amide bonds. The summed E-state index contributed by atoms with van der Waals surface area (Å²) in [6, 6.07) is 7.59. The zero-order valence-electron chi connectivity index (χ0n) is 11.6. The van der Waals surface area contributed by atoms with Gasteiger partial charge < -0.3 is 4.74 Å². The van der Waals surface area contributed by atoms with Crippen molar-refractivity contribution in [3.8, 4) is 0 Å². The lowest BCUT2D eigenvalue weighted by atomic mass is 10.2. The monoisotopic (exact) mass is 309 g/mol. The first kappa shape index (κ1) is 15.0. The molecule has 0 aliphatic heterocycles. The average molecular weight is 309 g/mol. The van der Waals surface area contributed by atoms with E-state index < -0.39 is 10.0 Å². The maximum absolute atomic E-state index is 12.1. The van der Waals surface area contributed by atoms with Crippen LogP contribution in [0.2, 0.25) is 0 Å². The Hall–Kier alpha value is -2.35. The number of aromatic amines is 1. The van der Waals surface area contributed by atoms with Gasteiger partial charge in [0.1, 0.15) is 0 Å². The quantitative estimate of drug-likeness (QED) is 0.809. The number of carbonyl (C=O) groups is 1. The summed E-state index contributed by atoms with van der Waals surface area (Å²) in [6.45, 7) is 1.77. The number of H-pyrrole nitrogens is 1. The van der Waals surface area contributed by atoms with Gasteiger partial charge >= 0.3 is 5.97 Å². The Labute approximate surface area is 122 Å². The minimum Gasteiger partial charge on any atom is -0.469 e. The molecular weight excluding hydrogens is 294 g/mol. The number of methoxy groups -OCH3 is 1. The number of sulfonamides is 1. The molecule has 7 nitrogen and oxygen atoms in total. The summed E-state index contributed by atoms with van der Waals surface area (Å²) < 4.78 is 31.2. The minimum absolute atomic E-state index is 0.0942. The first-order valence-electron chi connectivity index (χ1n) is 6.11. The number of esters is 1. The lowest BCUT2D eigenvalue weighted by Crippen LogP contribution is -2.13. The number of carbonyl (C=O) groups excluding carboxylic acids is 1. The highest BCUT2D eigenvalue weighted by Crippen LogP contribution is 2.16. The highest BCUT2D eigenvalue weighted by Gasteiger charge is 2.15. The van der Waals surface area contributed by atoms with Crippen molar-refractivity contribution in [1.29, 1.82) is 0 Å². The van der Waals surface area contributed by atoms with Crippen LogP contribution < -0.4 is 4.72 Å². The Balaban J connectivity index is 2.15. The topological polar surface area (TPSA) is 101 Å². The van der Waals surface area contributed by atoms with Crippen molar-refractivity contribution in [2.75, 3.05) is 11.8 Å². The van der Waals surface area contributed by atoms with E-state index in [2.05, 4.69) is 19.7 Å². The molecule has 0 radical (unpaired) electrons. The van der Waals surface area contributed by atoms with Gasteiger partial charge in [-0.1, -0.05) is 12.1 Å². The van der Waals surface area contributed by atoms with E-state index in [4.69, 9.17) is 0 Å². The van der Waals surface area contributed by atoms with Crippen molar-refractivity contribution in [3.05, 3.63) is 41.6 Å². The maximum atomic E-state index is 12.1. The molecule has 2 N–H and O–H groups in total. The molecular formula is C13H15N3O4S. The second-order valence-corrected chi connectivity index (χ2v) is 6.12. The highest BCUT2D eigenvalue weighted by atomic mass is 32.2. The number of rotatable bonds is 5. The van der Waals surface area contributed by atoms with Gasteiger partial charge in [0.25, 0.3) is 10.0 Å². The minimum atomic E-state index is -3.70. The number of anilines is 1. The van der Waals surface area contributed by atoms with E-state index in [9.17, 15) is 13.2 Å². The Kier molecular flexibility index (Phi) is 4.27. The lowest BCUT2D eigenvalue weighted by Gasteiger charge is -2.06. The Morgan fingerprint density at radius 1 is 1.33 bits per heavy atom. The van der Waals surface area contributed by atoms with Crippen LogP contribution in [0, 0.1) is 6.92 Å². The third kappa shape index (κ3) is 3.82. The van der Waals surface area contributed by atoms with Crippen molar-refractivity contribution in [2.45, 2.75) is 18.2 Å². The zero-order chi connectivity index (χ0) is 15.5. The summed E-state index contributed by atoms with van der Waals surface area (Å²) in [5, 5.41) is 6.47. The van der Waals surface area contributed by atoms with Gasteiger partial charge in [0.05, 0.1) is 18.4 Å². The lowest BCUT2D eigenvalue weighted by molar-refractivity contribution is -0.139. The molecule has 2 rings (SSSR count). The van der Waals surface area contributed by atoms with Crippen LogP contribution in [-0.4, -0.2) is 31.7 Å². The van der Waals surface area contributed by atoms with E-state index in [1.165, 1.54) is 19.2 Å². The van der Waals surface area contributed by atoms with Crippen LogP contribution in [-0.2, 0) is 26.0 Å². The van der Waals surface area contributed by atoms with E-state index >= 15 is 0 Å². The van der Waals surface area contributed by atoms with Crippen LogP contribution in [0.15, 0.2) is 35.2 Å². The van der Waals surface area contributed by atoms with Gasteiger partial charge in [0, 0.05) is 11.8 Å². The summed E-state index contributed by atoms with van der Waals surface area (Å²) in [7, 11) is -2.40. The van der Waals surface area contributed by atoms with Crippen molar-refractivity contribution < 1.29 is 17.9 Å². The standard InChI is InChI=1S/C13H15N3O4S/c1-9-7-12(15-14-9)16-21(18,19)11-5-3-10(4-6-11)8-13(17)20-2/h3-7H,8H2,1-2H3,(H2,14,15,16).